The molecule has 1 fully saturated rings. The third-order valence-corrected chi connectivity index (χ3v) is 6.15. The highest BCUT2D eigenvalue weighted by Crippen LogP contribution is 2.27. The van der Waals surface area contributed by atoms with Crippen LogP contribution in [-0.4, -0.2) is 34.5 Å². The number of nitrogens with zero attached hydrogens (tertiary/aromatic N) is 3. The van der Waals surface area contributed by atoms with E-state index in [0.29, 0.717) is 24.6 Å². The van der Waals surface area contributed by atoms with Gasteiger partial charge in [0.05, 0.1) is 6.54 Å². The number of benzene rings is 2. The van der Waals surface area contributed by atoms with E-state index in [0.717, 1.165) is 17.5 Å². The largest absolute Gasteiger partial charge is 0.445 e. The van der Waals surface area contributed by atoms with Gasteiger partial charge in [0.1, 0.15) is 12.6 Å². The molecule has 1 atom stereocenters. The predicted octanol–water partition coefficient (Wildman–Crippen LogP) is 4.79. The Kier molecular flexibility index (Phi) is 6.62. The summed E-state index contributed by atoms with van der Waals surface area (Å²) in [7, 11) is 0. The number of aromatic nitrogens is 1. The number of amides is 2. The summed E-state index contributed by atoms with van der Waals surface area (Å²) in [5.41, 5.74) is 3.10. The summed E-state index contributed by atoms with van der Waals surface area (Å²) in [6.07, 6.45) is 2.63. The smallest absolute Gasteiger partial charge is 0.410 e. The van der Waals surface area contributed by atoms with Crippen LogP contribution in [0.3, 0.4) is 0 Å². The Balaban J connectivity index is 1.48. The number of aryl methyl sites for hydroxylation is 1. The van der Waals surface area contributed by atoms with Gasteiger partial charge >= 0.3 is 6.09 Å². The van der Waals surface area contributed by atoms with Crippen molar-refractivity contribution < 1.29 is 14.3 Å². The van der Waals surface area contributed by atoms with Crippen LogP contribution in [0, 0.1) is 6.92 Å². The van der Waals surface area contributed by atoms with Gasteiger partial charge in [-0.2, -0.15) is 0 Å². The molecule has 1 unspecified atom stereocenters. The molecule has 7 heteroatoms. The molecule has 0 aliphatic carbocycles. The van der Waals surface area contributed by atoms with Crippen LogP contribution in [0.25, 0.3) is 0 Å². The minimum Gasteiger partial charge on any atom is -0.445 e. The summed E-state index contributed by atoms with van der Waals surface area (Å²) in [5, 5.41) is 2.49. The first-order valence-corrected chi connectivity index (χ1v) is 11.2. The summed E-state index contributed by atoms with van der Waals surface area (Å²) in [5.74, 6) is -0.121. The molecular formula is C24H25N3O3S. The van der Waals surface area contributed by atoms with Crippen molar-refractivity contribution >= 4 is 28.5 Å². The van der Waals surface area contributed by atoms with Crippen molar-refractivity contribution in [2.24, 2.45) is 0 Å². The van der Waals surface area contributed by atoms with Gasteiger partial charge in [-0.25, -0.2) is 9.78 Å². The van der Waals surface area contributed by atoms with Crippen LogP contribution in [0.1, 0.15) is 29.5 Å². The SMILES string of the molecule is Cc1ccc(CN(C(=O)C2CCCN2C(=O)OCc2ccccc2)c2nccs2)cc1. The van der Waals surface area contributed by atoms with Gasteiger partial charge in [0.2, 0.25) is 0 Å². The molecule has 31 heavy (non-hydrogen) atoms. The van der Waals surface area contributed by atoms with Gasteiger partial charge < -0.3 is 4.74 Å². The number of hydrogen-bond donors (Lipinski definition) is 0. The standard InChI is InChI=1S/C24H25N3O3S/c1-18-9-11-19(12-10-18)16-27(23-25-13-15-31-23)22(28)21-8-5-14-26(21)24(29)30-17-20-6-3-2-4-7-20/h2-4,6-7,9-13,15,21H,5,8,14,16-17H2,1H3. The number of hydrogen-bond acceptors (Lipinski definition) is 5. The average molecular weight is 436 g/mol. The fourth-order valence-corrected chi connectivity index (χ4v) is 4.34. The van der Waals surface area contributed by atoms with Gasteiger partial charge in [0.25, 0.3) is 5.91 Å². The summed E-state index contributed by atoms with van der Waals surface area (Å²) in [4.78, 5) is 33.9. The van der Waals surface area contributed by atoms with Crippen LogP contribution >= 0.6 is 11.3 Å². The lowest BCUT2D eigenvalue weighted by Crippen LogP contribution is -2.48. The van der Waals surface area contributed by atoms with Gasteiger partial charge in [-0.1, -0.05) is 60.2 Å². The first-order chi connectivity index (χ1) is 15.1. The third-order valence-electron chi connectivity index (χ3n) is 5.36. The molecule has 4 rings (SSSR count). The van der Waals surface area contributed by atoms with Crippen LogP contribution in [-0.2, 0) is 22.7 Å². The number of carbonyl (C=O) groups is 2. The van der Waals surface area contributed by atoms with E-state index in [4.69, 9.17) is 4.74 Å². The van der Waals surface area contributed by atoms with Crippen LogP contribution in [0.2, 0.25) is 0 Å². The maximum Gasteiger partial charge on any atom is 0.410 e. The molecule has 2 aromatic carbocycles. The van der Waals surface area contributed by atoms with Gasteiger partial charge in [0.15, 0.2) is 5.13 Å². The first-order valence-electron chi connectivity index (χ1n) is 10.4. The summed E-state index contributed by atoms with van der Waals surface area (Å²) >= 11 is 1.42. The van der Waals surface area contributed by atoms with E-state index < -0.39 is 12.1 Å². The molecule has 0 bridgehead atoms. The van der Waals surface area contributed by atoms with Gasteiger partial charge in [-0.15, -0.1) is 11.3 Å². The lowest BCUT2D eigenvalue weighted by molar-refractivity contribution is -0.122. The van der Waals surface area contributed by atoms with E-state index in [9.17, 15) is 9.59 Å². The Morgan fingerprint density at radius 2 is 1.90 bits per heavy atom. The lowest BCUT2D eigenvalue weighted by atomic mass is 10.1. The predicted molar refractivity (Wildman–Crippen MR) is 121 cm³/mol. The molecule has 1 aliphatic rings. The quantitative estimate of drug-likeness (QED) is 0.559. The molecule has 2 amide bonds. The summed E-state index contributed by atoms with van der Waals surface area (Å²) < 4.78 is 5.50. The second-order valence-electron chi connectivity index (χ2n) is 7.62. The Morgan fingerprint density at radius 1 is 1.13 bits per heavy atom. The lowest BCUT2D eigenvalue weighted by Gasteiger charge is -2.28. The monoisotopic (exact) mass is 435 g/mol. The molecule has 0 spiro atoms. The molecule has 1 aliphatic heterocycles. The van der Waals surface area contributed by atoms with Crippen LogP contribution in [0.15, 0.2) is 66.2 Å². The van der Waals surface area contributed by atoms with Gasteiger partial charge in [-0.3, -0.25) is 14.6 Å². The molecule has 160 valence electrons. The number of anilines is 1. The van der Waals surface area contributed by atoms with Gasteiger partial charge in [-0.05, 0) is 30.9 Å². The topological polar surface area (TPSA) is 62.7 Å². The number of rotatable bonds is 6. The van der Waals surface area contributed by atoms with Crippen molar-refractivity contribution in [2.75, 3.05) is 11.4 Å². The zero-order valence-electron chi connectivity index (χ0n) is 17.4. The highest BCUT2D eigenvalue weighted by molar-refractivity contribution is 7.13. The van der Waals surface area contributed by atoms with E-state index in [1.54, 1.807) is 16.0 Å². The first kappa shape index (κ1) is 21.1. The van der Waals surface area contributed by atoms with Crippen molar-refractivity contribution in [3.05, 3.63) is 82.9 Å². The number of carbonyl (C=O) groups excluding carboxylic acids is 2. The number of ether oxygens (including phenoxy) is 1. The second kappa shape index (κ2) is 9.75. The van der Waals surface area contributed by atoms with Gasteiger partial charge in [0, 0.05) is 18.1 Å². The molecule has 3 aromatic rings. The Hall–Kier alpha value is -3.19. The third kappa shape index (κ3) is 5.11. The molecule has 2 heterocycles. The van der Waals surface area contributed by atoms with E-state index in [2.05, 4.69) is 4.98 Å². The Labute approximate surface area is 186 Å². The van der Waals surface area contributed by atoms with Crippen molar-refractivity contribution in [1.29, 1.82) is 0 Å². The van der Waals surface area contributed by atoms with Crippen molar-refractivity contribution in [1.82, 2.24) is 9.88 Å². The molecular weight excluding hydrogens is 410 g/mol. The molecule has 0 N–H and O–H groups in total. The van der Waals surface area contributed by atoms with Crippen molar-refractivity contribution in [3.8, 4) is 0 Å². The highest BCUT2D eigenvalue weighted by Gasteiger charge is 2.38. The van der Waals surface area contributed by atoms with Crippen LogP contribution in [0.4, 0.5) is 9.93 Å². The van der Waals surface area contributed by atoms with E-state index in [1.165, 1.54) is 16.9 Å². The van der Waals surface area contributed by atoms with E-state index in [-0.39, 0.29) is 12.5 Å². The number of likely N-dealkylation sites (tertiary alicyclic amines) is 1. The van der Waals surface area contributed by atoms with Crippen molar-refractivity contribution in [3.63, 3.8) is 0 Å². The zero-order chi connectivity index (χ0) is 21.6. The summed E-state index contributed by atoms with van der Waals surface area (Å²) in [6.45, 7) is 3.15. The normalized spacial score (nSPS) is 15.6. The maximum atomic E-state index is 13.5. The van der Waals surface area contributed by atoms with E-state index in [1.807, 2.05) is 66.9 Å². The Morgan fingerprint density at radius 3 is 2.61 bits per heavy atom. The fraction of sp³-hybridized carbons (Fsp3) is 0.292. The molecule has 1 saturated heterocycles. The minimum atomic E-state index is -0.544. The molecule has 0 radical (unpaired) electrons. The second-order valence-corrected chi connectivity index (χ2v) is 8.49. The van der Waals surface area contributed by atoms with Crippen LogP contribution < -0.4 is 4.90 Å². The number of thiazole rings is 1. The molecule has 1 aromatic heterocycles. The molecule has 0 saturated carbocycles. The van der Waals surface area contributed by atoms with Crippen LogP contribution in [0.5, 0.6) is 0 Å². The Bertz CT molecular complexity index is 1010. The van der Waals surface area contributed by atoms with Crippen molar-refractivity contribution in [2.45, 2.75) is 39.0 Å². The van der Waals surface area contributed by atoms with E-state index >= 15 is 0 Å². The zero-order valence-corrected chi connectivity index (χ0v) is 18.3. The average Bonchev–Trinajstić information content (AvgIpc) is 3.50. The summed E-state index contributed by atoms with van der Waals surface area (Å²) in [6, 6.07) is 17.1. The minimum absolute atomic E-state index is 0.121. The highest BCUT2D eigenvalue weighted by atomic mass is 32.1. The fourth-order valence-electron chi connectivity index (χ4n) is 3.69. The maximum absolute atomic E-state index is 13.5. The molecule has 6 nitrogen and oxygen atoms in total.